The number of carbonyl (C=O) groups is 1. The lowest BCUT2D eigenvalue weighted by atomic mass is 10.1. The van der Waals surface area contributed by atoms with Crippen LogP contribution in [0.25, 0.3) is 11.0 Å². The molecule has 1 amide bonds. The highest BCUT2D eigenvalue weighted by Gasteiger charge is 2.33. The van der Waals surface area contributed by atoms with Gasteiger partial charge in [-0.3, -0.25) is 4.79 Å². The summed E-state index contributed by atoms with van der Waals surface area (Å²) >= 11 is 0. The van der Waals surface area contributed by atoms with E-state index in [4.69, 9.17) is 4.98 Å². The van der Waals surface area contributed by atoms with Gasteiger partial charge in [-0.15, -0.1) is 0 Å². The Bertz CT molecular complexity index is 869. The average molecular weight is 319 g/mol. The minimum Gasteiger partial charge on any atom is -0.342 e. The van der Waals surface area contributed by atoms with Crippen LogP contribution < -0.4 is 0 Å². The molecule has 2 heterocycles. The topological polar surface area (TPSA) is 38.1 Å². The van der Waals surface area contributed by atoms with Crippen molar-refractivity contribution in [3.05, 3.63) is 66.0 Å². The van der Waals surface area contributed by atoms with Crippen LogP contribution in [0.1, 0.15) is 30.7 Å². The van der Waals surface area contributed by atoms with E-state index in [0.29, 0.717) is 6.42 Å². The van der Waals surface area contributed by atoms with Gasteiger partial charge in [0.25, 0.3) is 0 Å². The molecule has 1 saturated heterocycles. The molecule has 4 heteroatoms. The molecule has 4 rings (SSSR count). The maximum absolute atomic E-state index is 12.2. The van der Waals surface area contributed by atoms with Crippen molar-refractivity contribution in [1.29, 1.82) is 0 Å². The van der Waals surface area contributed by atoms with E-state index in [9.17, 15) is 4.79 Å². The van der Waals surface area contributed by atoms with Gasteiger partial charge in [0.05, 0.1) is 11.0 Å². The van der Waals surface area contributed by atoms with Crippen LogP contribution in [-0.4, -0.2) is 33.4 Å². The molecule has 1 atom stereocenters. The SMILES string of the molecule is CCN1CC(c2nc3ccccc3n2Cc2ccccc2)CC1=O. The molecule has 0 spiro atoms. The Balaban J connectivity index is 1.77. The number of aromatic nitrogens is 2. The van der Waals surface area contributed by atoms with Gasteiger partial charge >= 0.3 is 0 Å². The molecular formula is C20H21N3O. The van der Waals surface area contributed by atoms with E-state index in [2.05, 4.69) is 41.0 Å². The van der Waals surface area contributed by atoms with Crippen LogP contribution in [-0.2, 0) is 11.3 Å². The summed E-state index contributed by atoms with van der Waals surface area (Å²) in [5.41, 5.74) is 3.39. The number of rotatable bonds is 4. The monoisotopic (exact) mass is 319 g/mol. The van der Waals surface area contributed by atoms with E-state index in [-0.39, 0.29) is 11.8 Å². The van der Waals surface area contributed by atoms with Crippen LogP contribution in [0, 0.1) is 0 Å². The predicted molar refractivity (Wildman–Crippen MR) is 94.9 cm³/mol. The smallest absolute Gasteiger partial charge is 0.223 e. The third-order valence-corrected chi connectivity index (χ3v) is 4.83. The Morgan fingerprint density at radius 3 is 2.58 bits per heavy atom. The van der Waals surface area contributed by atoms with Crippen LogP contribution >= 0.6 is 0 Å². The molecule has 1 unspecified atom stereocenters. The third-order valence-electron chi connectivity index (χ3n) is 4.83. The molecule has 24 heavy (non-hydrogen) atoms. The van der Waals surface area contributed by atoms with E-state index in [1.807, 2.05) is 30.0 Å². The summed E-state index contributed by atoms with van der Waals surface area (Å²) in [7, 11) is 0. The van der Waals surface area contributed by atoms with Gasteiger partial charge < -0.3 is 9.47 Å². The lowest BCUT2D eigenvalue weighted by Crippen LogP contribution is -2.24. The highest BCUT2D eigenvalue weighted by molar-refractivity contribution is 5.80. The van der Waals surface area contributed by atoms with Crippen molar-refractivity contribution >= 4 is 16.9 Å². The van der Waals surface area contributed by atoms with Gasteiger partial charge in [0.1, 0.15) is 5.82 Å². The van der Waals surface area contributed by atoms with Gasteiger partial charge in [-0.2, -0.15) is 0 Å². The molecule has 1 aliphatic heterocycles. The van der Waals surface area contributed by atoms with E-state index in [1.165, 1.54) is 5.56 Å². The van der Waals surface area contributed by atoms with Crippen LogP contribution in [0.5, 0.6) is 0 Å². The lowest BCUT2D eigenvalue weighted by Gasteiger charge is -2.15. The molecular weight excluding hydrogens is 298 g/mol. The van der Waals surface area contributed by atoms with Crippen molar-refractivity contribution in [1.82, 2.24) is 14.5 Å². The standard InChI is InChI=1S/C20H21N3O/c1-2-22-14-16(12-19(22)24)20-21-17-10-6-7-11-18(17)23(20)13-15-8-4-3-5-9-15/h3-11,16H,2,12-14H2,1H3. The van der Waals surface area contributed by atoms with Gasteiger partial charge in [0, 0.05) is 32.0 Å². The second kappa shape index (κ2) is 6.11. The van der Waals surface area contributed by atoms with Crippen molar-refractivity contribution in [3.63, 3.8) is 0 Å². The number of carbonyl (C=O) groups excluding carboxylic acids is 1. The number of likely N-dealkylation sites (N-methyl/N-ethyl adjacent to an activating group) is 1. The molecule has 2 aromatic carbocycles. The Labute approximate surface area is 141 Å². The summed E-state index contributed by atoms with van der Waals surface area (Å²) in [6.07, 6.45) is 0.561. The molecule has 0 N–H and O–H groups in total. The molecule has 4 nitrogen and oxygen atoms in total. The zero-order valence-electron chi connectivity index (χ0n) is 13.9. The van der Waals surface area contributed by atoms with Crippen LogP contribution in [0.2, 0.25) is 0 Å². The fraction of sp³-hybridized carbons (Fsp3) is 0.300. The first-order valence-corrected chi connectivity index (χ1v) is 8.53. The minimum atomic E-state index is 0.175. The molecule has 1 fully saturated rings. The fourth-order valence-corrected chi connectivity index (χ4v) is 3.59. The number of hydrogen-bond acceptors (Lipinski definition) is 2. The summed E-state index contributed by atoms with van der Waals surface area (Å²) in [6.45, 7) is 4.36. The first-order valence-electron chi connectivity index (χ1n) is 8.53. The van der Waals surface area contributed by atoms with Gasteiger partial charge in [-0.1, -0.05) is 42.5 Å². The molecule has 1 aliphatic rings. The number of nitrogens with zero attached hydrogens (tertiary/aromatic N) is 3. The van der Waals surface area contributed by atoms with Gasteiger partial charge in [0.15, 0.2) is 0 Å². The fourth-order valence-electron chi connectivity index (χ4n) is 3.59. The van der Waals surface area contributed by atoms with Crippen LogP contribution in [0.3, 0.4) is 0 Å². The number of hydrogen-bond donors (Lipinski definition) is 0. The third kappa shape index (κ3) is 2.58. The van der Waals surface area contributed by atoms with E-state index < -0.39 is 0 Å². The normalized spacial score (nSPS) is 17.8. The molecule has 0 radical (unpaired) electrons. The molecule has 122 valence electrons. The van der Waals surface area contributed by atoms with E-state index in [0.717, 1.165) is 36.5 Å². The first-order chi connectivity index (χ1) is 11.8. The van der Waals surface area contributed by atoms with Crippen LogP contribution in [0.15, 0.2) is 54.6 Å². The average Bonchev–Trinajstić information content (AvgIpc) is 3.16. The Kier molecular flexibility index (Phi) is 3.81. The number of para-hydroxylation sites is 2. The highest BCUT2D eigenvalue weighted by atomic mass is 16.2. The molecule has 0 saturated carbocycles. The van der Waals surface area contributed by atoms with Crippen molar-refractivity contribution < 1.29 is 4.79 Å². The predicted octanol–water partition coefficient (Wildman–Crippen LogP) is 3.42. The second-order valence-electron chi connectivity index (χ2n) is 6.36. The van der Waals surface area contributed by atoms with Crippen molar-refractivity contribution in [3.8, 4) is 0 Å². The summed E-state index contributed by atoms with van der Waals surface area (Å²) in [5.74, 6) is 1.44. The molecule has 1 aromatic heterocycles. The van der Waals surface area contributed by atoms with Crippen LogP contribution in [0.4, 0.5) is 0 Å². The van der Waals surface area contributed by atoms with E-state index >= 15 is 0 Å². The largest absolute Gasteiger partial charge is 0.342 e. The first kappa shape index (κ1) is 14.9. The number of fused-ring (bicyclic) bond motifs is 1. The summed E-state index contributed by atoms with van der Waals surface area (Å²) in [6, 6.07) is 18.7. The maximum atomic E-state index is 12.2. The summed E-state index contributed by atoms with van der Waals surface area (Å²) < 4.78 is 2.28. The molecule has 0 bridgehead atoms. The molecule has 0 aliphatic carbocycles. The Morgan fingerprint density at radius 2 is 1.83 bits per heavy atom. The maximum Gasteiger partial charge on any atom is 0.223 e. The highest BCUT2D eigenvalue weighted by Crippen LogP contribution is 2.30. The molecule has 3 aromatic rings. The van der Waals surface area contributed by atoms with E-state index in [1.54, 1.807) is 0 Å². The van der Waals surface area contributed by atoms with Crippen molar-refractivity contribution in [2.45, 2.75) is 25.8 Å². The lowest BCUT2D eigenvalue weighted by molar-refractivity contribution is -0.127. The number of benzene rings is 2. The number of amides is 1. The van der Waals surface area contributed by atoms with Crippen molar-refractivity contribution in [2.24, 2.45) is 0 Å². The van der Waals surface area contributed by atoms with Gasteiger partial charge in [-0.25, -0.2) is 4.98 Å². The number of imidazole rings is 1. The quantitative estimate of drug-likeness (QED) is 0.739. The summed E-state index contributed by atoms with van der Waals surface area (Å²) in [4.78, 5) is 19.0. The van der Waals surface area contributed by atoms with Gasteiger partial charge in [-0.05, 0) is 24.6 Å². The Hall–Kier alpha value is -2.62. The summed E-state index contributed by atoms with van der Waals surface area (Å²) in [5, 5.41) is 0. The zero-order chi connectivity index (χ0) is 16.5. The number of likely N-dealkylation sites (tertiary alicyclic amines) is 1. The second-order valence-corrected chi connectivity index (χ2v) is 6.36. The zero-order valence-corrected chi connectivity index (χ0v) is 13.9. The van der Waals surface area contributed by atoms with Crippen molar-refractivity contribution in [2.75, 3.05) is 13.1 Å². The van der Waals surface area contributed by atoms with Gasteiger partial charge in [0.2, 0.25) is 5.91 Å². The minimum absolute atomic E-state index is 0.175. The Morgan fingerprint density at radius 1 is 1.08 bits per heavy atom.